The highest BCUT2D eigenvalue weighted by Crippen LogP contribution is 2.12. The fourth-order valence-electron chi connectivity index (χ4n) is 1.30. The Kier molecular flexibility index (Phi) is 2.41. The van der Waals surface area contributed by atoms with E-state index in [4.69, 9.17) is 0 Å². The molecular formula is C11H10NS. The molecule has 2 heteroatoms. The molecule has 0 aliphatic heterocycles. The Balaban J connectivity index is 2.19. The maximum atomic E-state index is 4.13. The zero-order chi connectivity index (χ0) is 9.10. The molecule has 0 aliphatic rings. The second-order valence-corrected chi connectivity index (χ2v) is 3.98. The summed E-state index contributed by atoms with van der Waals surface area (Å²) in [7, 11) is 0. The molecule has 0 atom stereocenters. The summed E-state index contributed by atoms with van der Waals surface area (Å²) in [4.78, 5) is 4.13. The molecule has 0 unspecified atom stereocenters. The fraction of sp³-hybridized carbons (Fsp3) is 0.182. The Labute approximate surface area is 82.1 Å². The first-order valence-electron chi connectivity index (χ1n) is 4.20. The molecular weight excluding hydrogens is 178 g/mol. The fourth-order valence-corrected chi connectivity index (χ4v) is 1.89. The Bertz CT molecular complexity index is 379. The van der Waals surface area contributed by atoms with Crippen molar-refractivity contribution in [3.8, 4) is 0 Å². The van der Waals surface area contributed by atoms with Crippen molar-refractivity contribution in [2.24, 2.45) is 0 Å². The van der Waals surface area contributed by atoms with Crippen molar-refractivity contribution < 1.29 is 0 Å². The second kappa shape index (κ2) is 3.71. The SMILES string of the molecule is Cc1cccc(Cc2n[c]cs2)c1. The summed E-state index contributed by atoms with van der Waals surface area (Å²) in [6.45, 7) is 2.11. The maximum Gasteiger partial charge on any atom is 0.101 e. The highest BCUT2D eigenvalue weighted by atomic mass is 32.1. The van der Waals surface area contributed by atoms with Crippen molar-refractivity contribution in [3.05, 3.63) is 52.0 Å². The van der Waals surface area contributed by atoms with Crippen LogP contribution in [0.3, 0.4) is 0 Å². The number of benzene rings is 1. The summed E-state index contributed by atoms with van der Waals surface area (Å²) in [5.74, 6) is 0. The Morgan fingerprint density at radius 3 is 3.08 bits per heavy atom. The number of rotatable bonds is 2. The van der Waals surface area contributed by atoms with Crippen LogP contribution < -0.4 is 0 Å². The Morgan fingerprint density at radius 1 is 1.46 bits per heavy atom. The van der Waals surface area contributed by atoms with Gasteiger partial charge in [-0.15, -0.1) is 11.3 Å². The number of hydrogen-bond donors (Lipinski definition) is 0. The van der Waals surface area contributed by atoms with E-state index in [1.807, 2.05) is 5.38 Å². The lowest BCUT2D eigenvalue weighted by Gasteiger charge is -1.98. The number of thiazole rings is 1. The zero-order valence-corrected chi connectivity index (χ0v) is 8.27. The van der Waals surface area contributed by atoms with Crippen LogP contribution in [0.4, 0.5) is 0 Å². The minimum atomic E-state index is 0.926. The molecule has 0 saturated carbocycles. The van der Waals surface area contributed by atoms with Crippen LogP contribution in [0.25, 0.3) is 0 Å². The topological polar surface area (TPSA) is 12.9 Å². The Hall–Kier alpha value is -1.15. The quantitative estimate of drug-likeness (QED) is 0.706. The van der Waals surface area contributed by atoms with Crippen LogP contribution in [-0.4, -0.2) is 4.98 Å². The van der Waals surface area contributed by atoms with Gasteiger partial charge in [0.2, 0.25) is 0 Å². The van der Waals surface area contributed by atoms with Crippen molar-refractivity contribution >= 4 is 11.3 Å². The normalized spacial score (nSPS) is 10.2. The summed E-state index contributed by atoms with van der Waals surface area (Å²) in [6, 6.07) is 8.52. The van der Waals surface area contributed by atoms with Crippen molar-refractivity contribution in [1.29, 1.82) is 0 Å². The monoisotopic (exact) mass is 188 g/mol. The molecule has 0 N–H and O–H groups in total. The summed E-state index contributed by atoms with van der Waals surface area (Å²) >= 11 is 1.66. The van der Waals surface area contributed by atoms with Crippen LogP contribution in [-0.2, 0) is 6.42 Å². The predicted molar refractivity (Wildman–Crippen MR) is 54.9 cm³/mol. The number of nitrogens with zero attached hydrogens (tertiary/aromatic N) is 1. The van der Waals surface area contributed by atoms with Crippen molar-refractivity contribution in [3.63, 3.8) is 0 Å². The average molecular weight is 188 g/mol. The first-order valence-corrected chi connectivity index (χ1v) is 5.08. The van der Waals surface area contributed by atoms with Gasteiger partial charge in [-0.1, -0.05) is 29.8 Å². The van der Waals surface area contributed by atoms with Gasteiger partial charge in [-0.05, 0) is 12.5 Å². The molecule has 0 fully saturated rings. The molecule has 0 aliphatic carbocycles. The van der Waals surface area contributed by atoms with E-state index in [9.17, 15) is 0 Å². The van der Waals surface area contributed by atoms with Crippen LogP contribution in [0, 0.1) is 13.1 Å². The van der Waals surface area contributed by atoms with E-state index in [0.717, 1.165) is 11.4 Å². The van der Waals surface area contributed by atoms with Crippen LogP contribution >= 0.6 is 11.3 Å². The molecule has 0 saturated heterocycles. The molecule has 0 spiro atoms. The van der Waals surface area contributed by atoms with E-state index in [0.29, 0.717) is 0 Å². The summed E-state index contributed by atoms with van der Waals surface area (Å²) in [6.07, 6.45) is 3.76. The molecule has 0 amide bonds. The third kappa shape index (κ3) is 2.16. The number of aryl methyl sites for hydroxylation is 1. The van der Waals surface area contributed by atoms with E-state index < -0.39 is 0 Å². The third-order valence-electron chi connectivity index (χ3n) is 1.87. The van der Waals surface area contributed by atoms with Crippen molar-refractivity contribution in [2.75, 3.05) is 0 Å². The first kappa shape index (κ1) is 8.45. The van der Waals surface area contributed by atoms with Gasteiger partial charge >= 0.3 is 0 Å². The highest BCUT2D eigenvalue weighted by molar-refractivity contribution is 7.09. The standard InChI is InChI=1S/C11H10NS/c1-9-3-2-4-10(7-9)8-11-12-5-6-13-11/h2-4,6-7H,8H2,1H3. The minimum absolute atomic E-state index is 0.926. The van der Waals surface area contributed by atoms with Gasteiger partial charge in [-0.3, -0.25) is 0 Å². The largest absolute Gasteiger partial charge is 0.239 e. The number of hydrogen-bond acceptors (Lipinski definition) is 2. The molecule has 13 heavy (non-hydrogen) atoms. The Morgan fingerprint density at radius 2 is 2.38 bits per heavy atom. The second-order valence-electron chi connectivity index (χ2n) is 3.04. The van der Waals surface area contributed by atoms with E-state index in [-0.39, 0.29) is 0 Å². The van der Waals surface area contributed by atoms with Gasteiger partial charge in [-0.25, -0.2) is 4.98 Å². The highest BCUT2D eigenvalue weighted by Gasteiger charge is 1.98. The van der Waals surface area contributed by atoms with Gasteiger partial charge < -0.3 is 0 Å². The van der Waals surface area contributed by atoms with Gasteiger partial charge in [0.1, 0.15) is 6.20 Å². The van der Waals surface area contributed by atoms with Gasteiger partial charge in [0, 0.05) is 11.8 Å². The third-order valence-corrected chi connectivity index (χ3v) is 2.61. The van der Waals surface area contributed by atoms with Gasteiger partial charge in [-0.2, -0.15) is 0 Å². The molecule has 65 valence electrons. The summed E-state index contributed by atoms with van der Waals surface area (Å²) < 4.78 is 0. The molecule has 2 rings (SSSR count). The summed E-state index contributed by atoms with van der Waals surface area (Å²) in [5.41, 5.74) is 2.63. The molecule has 1 radical (unpaired) electrons. The smallest absolute Gasteiger partial charge is 0.101 e. The molecule has 1 aromatic carbocycles. The van der Waals surface area contributed by atoms with Crippen molar-refractivity contribution in [2.45, 2.75) is 13.3 Å². The lowest BCUT2D eigenvalue weighted by molar-refractivity contribution is 1.13. The lowest BCUT2D eigenvalue weighted by Crippen LogP contribution is -1.86. The van der Waals surface area contributed by atoms with Crippen LogP contribution in [0.2, 0.25) is 0 Å². The average Bonchev–Trinajstić information content (AvgIpc) is 2.57. The van der Waals surface area contributed by atoms with E-state index in [2.05, 4.69) is 42.4 Å². The van der Waals surface area contributed by atoms with Crippen molar-refractivity contribution in [1.82, 2.24) is 4.98 Å². The van der Waals surface area contributed by atoms with Gasteiger partial charge in [0.05, 0.1) is 5.01 Å². The van der Waals surface area contributed by atoms with E-state index >= 15 is 0 Å². The maximum absolute atomic E-state index is 4.13. The minimum Gasteiger partial charge on any atom is -0.239 e. The van der Waals surface area contributed by atoms with Crippen LogP contribution in [0.1, 0.15) is 16.1 Å². The first-order chi connectivity index (χ1) is 6.34. The lowest BCUT2D eigenvalue weighted by atomic mass is 10.1. The molecule has 1 aromatic heterocycles. The van der Waals surface area contributed by atoms with E-state index in [1.54, 1.807) is 11.3 Å². The van der Waals surface area contributed by atoms with Crippen LogP contribution in [0.5, 0.6) is 0 Å². The predicted octanol–water partition coefficient (Wildman–Crippen LogP) is 2.84. The van der Waals surface area contributed by atoms with E-state index in [1.165, 1.54) is 11.1 Å². The number of aromatic nitrogens is 1. The van der Waals surface area contributed by atoms with Gasteiger partial charge in [0.25, 0.3) is 0 Å². The van der Waals surface area contributed by atoms with Crippen LogP contribution in [0.15, 0.2) is 29.6 Å². The molecule has 0 bridgehead atoms. The molecule has 1 nitrogen and oxygen atoms in total. The van der Waals surface area contributed by atoms with Gasteiger partial charge in [0.15, 0.2) is 0 Å². The summed E-state index contributed by atoms with van der Waals surface area (Å²) in [5, 5.41) is 3.02. The molecule has 1 heterocycles. The zero-order valence-electron chi connectivity index (χ0n) is 7.45. The molecule has 2 aromatic rings.